The molecule has 1 rings (SSSR count). The number of halogens is 1. The smallest absolute Gasteiger partial charge is 0.127 e. The fourth-order valence-electron chi connectivity index (χ4n) is 0.994. The van der Waals surface area contributed by atoms with Crippen molar-refractivity contribution in [2.45, 2.75) is 32.9 Å². The summed E-state index contributed by atoms with van der Waals surface area (Å²) in [7, 11) is 0. The molecule has 1 aromatic heterocycles. The van der Waals surface area contributed by atoms with Crippen molar-refractivity contribution in [2.24, 2.45) is 0 Å². The molecule has 4 heteroatoms. The second-order valence-corrected chi connectivity index (χ2v) is 4.74. The van der Waals surface area contributed by atoms with Gasteiger partial charge in [0.05, 0.1) is 5.02 Å². The lowest BCUT2D eigenvalue weighted by molar-refractivity contribution is 0.424. The van der Waals surface area contributed by atoms with E-state index in [1.807, 2.05) is 6.07 Å². The second-order valence-electron chi connectivity index (χ2n) is 4.30. The van der Waals surface area contributed by atoms with Gasteiger partial charge >= 0.3 is 0 Å². The average Bonchev–Trinajstić information content (AvgIpc) is 2.05. The number of nitrogen functional groups attached to an aromatic ring is 1. The van der Waals surface area contributed by atoms with Crippen molar-refractivity contribution < 1.29 is 0 Å². The molecule has 0 aliphatic heterocycles. The Morgan fingerprint density at radius 1 is 1.50 bits per heavy atom. The third kappa shape index (κ3) is 3.52. The largest absolute Gasteiger partial charge is 0.383 e. The Hall–Kier alpha value is -0.800. The molecular weight excluding hydrogens is 198 g/mol. The Kier molecular flexibility index (Phi) is 3.34. The molecule has 14 heavy (non-hydrogen) atoms. The van der Waals surface area contributed by atoms with Crippen LogP contribution in [-0.4, -0.2) is 10.5 Å². The van der Waals surface area contributed by atoms with Crippen molar-refractivity contribution in [2.75, 3.05) is 5.73 Å². The van der Waals surface area contributed by atoms with E-state index in [1.165, 1.54) is 0 Å². The molecule has 0 amide bonds. The number of aromatic nitrogens is 1. The van der Waals surface area contributed by atoms with Crippen LogP contribution >= 0.6 is 11.6 Å². The summed E-state index contributed by atoms with van der Waals surface area (Å²) >= 11 is 5.82. The van der Waals surface area contributed by atoms with E-state index in [0.29, 0.717) is 17.4 Å². The minimum atomic E-state index is 0.0642. The third-order valence-corrected chi connectivity index (χ3v) is 1.98. The molecule has 0 saturated heterocycles. The molecule has 0 radical (unpaired) electrons. The molecule has 1 aromatic rings. The van der Waals surface area contributed by atoms with Crippen LogP contribution in [0.25, 0.3) is 0 Å². The number of hydrogen-bond donors (Lipinski definition) is 2. The maximum absolute atomic E-state index is 5.82. The molecule has 0 aliphatic carbocycles. The summed E-state index contributed by atoms with van der Waals surface area (Å²) in [4.78, 5) is 3.99. The first-order valence-corrected chi connectivity index (χ1v) is 4.91. The average molecular weight is 214 g/mol. The van der Waals surface area contributed by atoms with Crippen molar-refractivity contribution in [1.82, 2.24) is 10.3 Å². The van der Waals surface area contributed by atoms with Gasteiger partial charge in [-0.2, -0.15) is 0 Å². The highest BCUT2D eigenvalue weighted by Gasteiger charge is 2.10. The summed E-state index contributed by atoms with van der Waals surface area (Å²) < 4.78 is 0. The minimum Gasteiger partial charge on any atom is -0.383 e. The van der Waals surface area contributed by atoms with Gasteiger partial charge in [-0.1, -0.05) is 11.6 Å². The van der Waals surface area contributed by atoms with Crippen molar-refractivity contribution in [1.29, 1.82) is 0 Å². The standard InChI is InChI=1S/C10H16ClN3/c1-10(2,3)14-5-7-4-8(11)6-13-9(7)12/h4,6,14H,5H2,1-3H3,(H2,12,13). The van der Waals surface area contributed by atoms with E-state index in [0.717, 1.165) is 5.56 Å². The van der Waals surface area contributed by atoms with E-state index in [1.54, 1.807) is 6.20 Å². The molecule has 0 bridgehead atoms. The summed E-state index contributed by atoms with van der Waals surface area (Å²) in [6, 6.07) is 1.84. The lowest BCUT2D eigenvalue weighted by Gasteiger charge is -2.20. The van der Waals surface area contributed by atoms with Gasteiger partial charge in [-0.15, -0.1) is 0 Å². The zero-order valence-corrected chi connectivity index (χ0v) is 9.52. The van der Waals surface area contributed by atoms with Gasteiger partial charge in [-0.05, 0) is 26.8 Å². The van der Waals surface area contributed by atoms with Gasteiger partial charge in [-0.25, -0.2) is 4.98 Å². The monoisotopic (exact) mass is 213 g/mol. The van der Waals surface area contributed by atoms with Crippen LogP contribution in [0.5, 0.6) is 0 Å². The quantitative estimate of drug-likeness (QED) is 0.792. The van der Waals surface area contributed by atoms with Crippen molar-refractivity contribution in [3.05, 3.63) is 22.8 Å². The first kappa shape index (κ1) is 11.3. The Morgan fingerprint density at radius 2 is 2.14 bits per heavy atom. The van der Waals surface area contributed by atoms with E-state index in [4.69, 9.17) is 17.3 Å². The SMILES string of the molecule is CC(C)(C)NCc1cc(Cl)cnc1N. The highest BCUT2D eigenvalue weighted by atomic mass is 35.5. The van der Waals surface area contributed by atoms with E-state index in [-0.39, 0.29) is 5.54 Å². The number of hydrogen-bond acceptors (Lipinski definition) is 3. The molecule has 0 spiro atoms. The number of nitrogens with two attached hydrogens (primary N) is 1. The summed E-state index contributed by atoms with van der Waals surface area (Å²) in [6.07, 6.45) is 1.55. The molecule has 0 atom stereocenters. The van der Waals surface area contributed by atoms with E-state index in [9.17, 15) is 0 Å². The predicted octanol–water partition coefficient (Wildman–Crippen LogP) is 2.21. The number of rotatable bonds is 2. The molecule has 3 nitrogen and oxygen atoms in total. The number of nitrogens with one attached hydrogen (secondary N) is 1. The number of pyridine rings is 1. The van der Waals surface area contributed by atoms with Crippen molar-refractivity contribution in [3.8, 4) is 0 Å². The topological polar surface area (TPSA) is 50.9 Å². The van der Waals surface area contributed by atoms with Crippen LogP contribution in [0.1, 0.15) is 26.3 Å². The Morgan fingerprint density at radius 3 is 2.71 bits per heavy atom. The Labute approximate surface area is 89.7 Å². The molecule has 0 aliphatic rings. The number of nitrogens with zero attached hydrogens (tertiary/aromatic N) is 1. The fourth-order valence-corrected chi connectivity index (χ4v) is 1.17. The Bertz CT molecular complexity index is 318. The lowest BCUT2D eigenvalue weighted by atomic mass is 10.1. The van der Waals surface area contributed by atoms with Gasteiger partial charge in [-0.3, -0.25) is 0 Å². The predicted molar refractivity (Wildman–Crippen MR) is 60.3 cm³/mol. The normalized spacial score (nSPS) is 11.7. The highest BCUT2D eigenvalue weighted by molar-refractivity contribution is 6.30. The van der Waals surface area contributed by atoms with Crippen LogP contribution in [0.3, 0.4) is 0 Å². The van der Waals surface area contributed by atoms with Gasteiger partial charge < -0.3 is 11.1 Å². The van der Waals surface area contributed by atoms with E-state index >= 15 is 0 Å². The van der Waals surface area contributed by atoms with E-state index in [2.05, 4.69) is 31.1 Å². The maximum atomic E-state index is 5.82. The fraction of sp³-hybridized carbons (Fsp3) is 0.500. The van der Waals surface area contributed by atoms with Crippen LogP contribution in [0.15, 0.2) is 12.3 Å². The van der Waals surface area contributed by atoms with Gasteiger partial charge in [0.2, 0.25) is 0 Å². The van der Waals surface area contributed by atoms with Gasteiger partial charge in [0.15, 0.2) is 0 Å². The zero-order chi connectivity index (χ0) is 10.8. The van der Waals surface area contributed by atoms with Gasteiger partial charge in [0.1, 0.15) is 5.82 Å². The molecule has 0 fully saturated rings. The van der Waals surface area contributed by atoms with E-state index < -0.39 is 0 Å². The van der Waals surface area contributed by atoms with Gasteiger partial charge in [0.25, 0.3) is 0 Å². The molecule has 0 aromatic carbocycles. The molecular formula is C10H16ClN3. The first-order valence-electron chi connectivity index (χ1n) is 4.53. The van der Waals surface area contributed by atoms with Crippen LogP contribution in [0.4, 0.5) is 5.82 Å². The summed E-state index contributed by atoms with van der Waals surface area (Å²) in [5.41, 5.74) is 6.71. The third-order valence-electron chi connectivity index (χ3n) is 1.78. The molecule has 0 saturated carbocycles. The molecule has 1 heterocycles. The second kappa shape index (κ2) is 4.15. The molecule has 0 unspecified atom stereocenters. The summed E-state index contributed by atoms with van der Waals surface area (Å²) in [6.45, 7) is 6.98. The maximum Gasteiger partial charge on any atom is 0.127 e. The highest BCUT2D eigenvalue weighted by Crippen LogP contribution is 2.15. The lowest BCUT2D eigenvalue weighted by Crippen LogP contribution is -2.35. The van der Waals surface area contributed by atoms with Crippen LogP contribution in [0.2, 0.25) is 5.02 Å². The van der Waals surface area contributed by atoms with Crippen LogP contribution in [-0.2, 0) is 6.54 Å². The molecule has 78 valence electrons. The minimum absolute atomic E-state index is 0.0642. The first-order chi connectivity index (χ1) is 6.38. The van der Waals surface area contributed by atoms with Crippen molar-refractivity contribution in [3.63, 3.8) is 0 Å². The number of anilines is 1. The van der Waals surface area contributed by atoms with Crippen LogP contribution in [0, 0.1) is 0 Å². The van der Waals surface area contributed by atoms with Gasteiger partial charge in [0, 0.05) is 23.8 Å². The summed E-state index contributed by atoms with van der Waals surface area (Å²) in [5.74, 6) is 0.533. The zero-order valence-electron chi connectivity index (χ0n) is 8.76. The summed E-state index contributed by atoms with van der Waals surface area (Å²) in [5, 5.41) is 3.94. The molecule has 3 N–H and O–H groups in total. The Balaban J connectivity index is 2.72. The van der Waals surface area contributed by atoms with Crippen molar-refractivity contribution >= 4 is 17.4 Å². The van der Waals surface area contributed by atoms with Crippen LogP contribution < -0.4 is 11.1 Å².